The third kappa shape index (κ3) is 2.98. The monoisotopic (exact) mass is 298 g/mol. The lowest BCUT2D eigenvalue weighted by molar-refractivity contribution is 0.392. The molecule has 0 aliphatic heterocycles. The van der Waals surface area contributed by atoms with Crippen molar-refractivity contribution >= 4 is 5.95 Å². The number of aryl methyl sites for hydroxylation is 2. The van der Waals surface area contributed by atoms with Gasteiger partial charge in [0.05, 0.1) is 11.4 Å². The van der Waals surface area contributed by atoms with Crippen molar-refractivity contribution in [2.75, 3.05) is 11.9 Å². The van der Waals surface area contributed by atoms with Crippen LogP contribution in [0.5, 0.6) is 0 Å². The fourth-order valence-corrected chi connectivity index (χ4v) is 2.36. The van der Waals surface area contributed by atoms with E-state index in [0.29, 0.717) is 5.95 Å². The van der Waals surface area contributed by atoms with E-state index in [0.717, 1.165) is 36.5 Å². The Bertz CT molecular complexity index is 714. The second-order valence-corrected chi connectivity index (χ2v) is 5.08. The van der Waals surface area contributed by atoms with E-state index in [1.807, 2.05) is 44.2 Å². The fraction of sp³-hybridized carbons (Fsp3) is 0.333. The van der Waals surface area contributed by atoms with Gasteiger partial charge in [-0.25, -0.2) is 0 Å². The number of para-hydroxylation sites is 1. The minimum atomic E-state index is 0.643. The molecule has 0 fully saturated rings. The molecular weight excluding hydrogens is 280 g/mol. The van der Waals surface area contributed by atoms with Gasteiger partial charge in [-0.2, -0.15) is 4.68 Å². The van der Waals surface area contributed by atoms with Crippen LogP contribution >= 0.6 is 0 Å². The fourth-order valence-electron chi connectivity index (χ4n) is 2.36. The van der Waals surface area contributed by atoms with Gasteiger partial charge in [0.1, 0.15) is 5.76 Å². The molecule has 0 saturated heterocycles. The van der Waals surface area contributed by atoms with E-state index in [2.05, 4.69) is 26.0 Å². The van der Waals surface area contributed by atoms with E-state index in [9.17, 15) is 0 Å². The standard InChI is InChI=1S/C15H18N6O/c1-11-14(12(2)22-18-11)9-6-10-16-15-17-19-20-21(15)13-7-4-3-5-8-13/h3-5,7-8H,6,9-10H2,1-2H3,(H,16,17,20). The summed E-state index contributed by atoms with van der Waals surface area (Å²) >= 11 is 0. The molecular formula is C15H18N6O. The summed E-state index contributed by atoms with van der Waals surface area (Å²) in [5, 5.41) is 19.0. The smallest absolute Gasteiger partial charge is 0.247 e. The largest absolute Gasteiger partial charge is 0.361 e. The number of hydrogen-bond acceptors (Lipinski definition) is 6. The molecule has 2 heterocycles. The summed E-state index contributed by atoms with van der Waals surface area (Å²) in [7, 11) is 0. The van der Waals surface area contributed by atoms with Crippen LogP contribution in [0.3, 0.4) is 0 Å². The van der Waals surface area contributed by atoms with Crippen LogP contribution in [0.4, 0.5) is 5.95 Å². The molecule has 0 atom stereocenters. The molecule has 0 aliphatic rings. The number of anilines is 1. The predicted molar refractivity (Wildman–Crippen MR) is 81.9 cm³/mol. The molecule has 0 amide bonds. The third-order valence-electron chi connectivity index (χ3n) is 3.54. The first-order chi connectivity index (χ1) is 10.8. The summed E-state index contributed by atoms with van der Waals surface area (Å²) in [6, 6.07) is 9.80. The number of benzene rings is 1. The average Bonchev–Trinajstić information content (AvgIpc) is 3.13. The zero-order valence-corrected chi connectivity index (χ0v) is 12.7. The van der Waals surface area contributed by atoms with Gasteiger partial charge in [0, 0.05) is 12.1 Å². The summed E-state index contributed by atoms with van der Waals surface area (Å²) in [6.07, 6.45) is 1.87. The Hall–Kier alpha value is -2.70. The second-order valence-electron chi connectivity index (χ2n) is 5.08. The SMILES string of the molecule is Cc1noc(C)c1CCCNc1nnnn1-c1ccccc1. The van der Waals surface area contributed by atoms with Gasteiger partial charge >= 0.3 is 0 Å². The maximum atomic E-state index is 5.17. The van der Waals surface area contributed by atoms with Gasteiger partial charge < -0.3 is 9.84 Å². The van der Waals surface area contributed by atoms with Crippen LogP contribution in [0.15, 0.2) is 34.9 Å². The number of rotatable bonds is 6. The highest BCUT2D eigenvalue weighted by atomic mass is 16.5. The van der Waals surface area contributed by atoms with Crippen molar-refractivity contribution in [3.8, 4) is 5.69 Å². The Morgan fingerprint density at radius 3 is 2.73 bits per heavy atom. The Balaban J connectivity index is 1.58. The van der Waals surface area contributed by atoms with E-state index >= 15 is 0 Å². The summed E-state index contributed by atoms with van der Waals surface area (Å²) in [5.41, 5.74) is 3.08. The average molecular weight is 298 g/mol. The summed E-state index contributed by atoms with van der Waals surface area (Å²) < 4.78 is 6.86. The minimum absolute atomic E-state index is 0.643. The van der Waals surface area contributed by atoms with Crippen LogP contribution < -0.4 is 5.32 Å². The van der Waals surface area contributed by atoms with Gasteiger partial charge in [-0.05, 0) is 49.2 Å². The van der Waals surface area contributed by atoms with Gasteiger partial charge in [-0.3, -0.25) is 0 Å². The lowest BCUT2D eigenvalue weighted by Crippen LogP contribution is -2.09. The minimum Gasteiger partial charge on any atom is -0.361 e. The molecule has 3 rings (SSSR count). The quantitative estimate of drug-likeness (QED) is 0.703. The zero-order valence-electron chi connectivity index (χ0n) is 12.7. The molecule has 22 heavy (non-hydrogen) atoms. The highest BCUT2D eigenvalue weighted by Gasteiger charge is 2.09. The Morgan fingerprint density at radius 2 is 2.00 bits per heavy atom. The molecule has 114 valence electrons. The molecule has 0 aliphatic carbocycles. The van der Waals surface area contributed by atoms with Crippen molar-refractivity contribution in [1.82, 2.24) is 25.4 Å². The van der Waals surface area contributed by atoms with Crippen molar-refractivity contribution < 1.29 is 4.52 Å². The first kappa shape index (κ1) is 14.2. The molecule has 0 spiro atoms. The lowest BCUT2D eigenvalue weighted by Gasteiger charge is -2.06. The van der Waals surface area contributed by atoms with Crippen LogP contribution in [0.2, 0.25) is 0 Å². The molecule has 0 saturated carbocycles. The van der Waals surface area contributed by atoms with Gasteiger partial charge in [0.25, 0.3) is 0 Å². The highest BCUT2D eigenvalue weighted by Crippen LogP contribution is 2.15. The molecule has 0 radical (unpaired) electrons. The van der Waals surface area contributed by atoms with Crippen molar-refractivity contribution in [1.29, 1.82) is 0 Å². The molecule has 7 heteroatoms. The topological polar surface area (TPSA) is 81.7 Å². The van der Waals surface area contributed by atoms with Crippen LogP contribution in [0.25, 0.3) is 5.69 Å². The van der Waals surface area contributed by atoms with Crippen LogP contribution in [0, 0.1) is 13.8 Å². The number of nitrogens with one attached hydrogen (secondary N) is 1. The predicted octanol–water partition coefficient (Wildman–Crippen LogP) is 2.31. The third-order valence-corrected chi connectivity index (χ3v) is 3.54. The van der Waals surface area contributed by atoms with Crippen molar-refractivity contribution in [3.05, 3.63) is 47.3 Å². The van der Waals surface area contributed by atoms with E-state index in [1.54, 1.807) is 4.68 Å². The molecule has 1 N–H and O–H groups in total. The van der Waals surface area contributed by atoms with E-state index in [1.165, 1.54) is 5.56 Å². The normalized spacial score (nSPS) is 10.8. The Kier molecular flexibility index (Phi) is 4.13. The van der Waals surface area contributed by atoms with Gasteiger partial charge in [0.2, 0.25) is 5.95 Å². The number of aromatic nitrogens is 5. The second kappa shape index (κ2) is 6.38. The van der Waals surface area contributed by atoms with Crippen LogP contribution in [0.1, 0.15) is 23.4 Å². The molecule has 7 nitrogen and oxygen atoms in total. The van der Waals surface area contributed by atoms with E-state index < -0.39 is 0 Å². The maximum absolute atomic E-state index is 5.17. The Labute approximate surface area is 128 Å². The van der Waals surface area contributed by atoms with Gasteiger partial charge in [-0.15, -0.1) is 0 Å². The van der Waals surface area contributed by atoms with Crippen molar-refractivity contribution in [3.63, 3.8) is 0 Å². The number of tetrazole rings is 1. The number of hydrogen-bond donors (Lipinski definition) is 1. The first-order valence-electron chi connectivity index (χ1n) is 7.25. The molecule has 1 aromatic carbocycles. The zero-order chi connectivity index (χ0) is 15.4. The first-order valence-corrected chi connectivity index (χ1v) is 7.25. The van der Waals surface area contributed by atoms with Crippen molar-refractivity contribution in [2.24, 2.45) is 0 Å². The summed E-state index contributed by atoms with van der Waals surface area (Å²) in [6.45, 7) is 4.69. The van der Waals surface area contributed by atoms with Crippen LogP contribution in [-0.4, -0.2) is 31.9 Å². The molecule has 0 bridgehead atoms. The van der Waals surface area contributed by atoms with Crippen LogP contribution in [-0.2, 0) is 6.42 Å². The highest BCUT2D eigenvalue weighted by molar-refractivity contribution is 5.38. The summed E-state index contributed by atoms with van der Waals surface area (Å²) in [4.78, 5) is 0. The molecule has 3 aromatic rings. The summed E-state index contributed by atoms with van der Waals surface area (Å²) in [5.74, 6) is 1.54. The van der Waals surface area contributed by atoms with E-state index in [4.69, 9.17) is 4.52 Å². The van der Waals surface area contributed by atoms with Gasteiger partial charge in [-0.1, -0.05) is 28.5 Å². The molecule has 0 unspecified atom stereocenters. The maximum Gasteiger partial charge on any atom is 0.247 e. The molecule has 2 aromatic heterocycles. The van der Waals surface area contributed by atoms with Crippen molar-refractivity contribution in [2.45, 2.75) is 26.7 Å². The van der Waals surface area contributed by atoms with Gasteiger partial charge in [0.15, 0.2) is 0 Å². The Morgan fingerprint density at radius 1 is 1.18 bits per heavy atom. The van der Waals surface area contributed by atoms with E-state index in [-0.39, 0.29) is 0 Å². The number of nitrogens with zero attached hydrogens (tertiary/aromatic N) is 5. The lowest BCUT2D eigenvalue weighted by atomic mass is 10.1.